The lowest BCUT2D eigenvalue weighted by Crippen LogP contribution is -2.18. The van der Waals surface area contributed by atoms with Crippen LogP contribution in [0.2, 0.25) is 5.02 Å². The van der Waals surface area contributed by atoms with E-state index in [9.17, 15) is 4.79 Å². The lowest BCUT2D eigenvalue weighted by molar-refractivity contribution is -0.136. The smallest absolute Gasteiger partial charge is 0.349 e. The largest absolute Gasteiger partial charge is 0.480 e. The summed E-state index contributed by atoms with van der Waals surface area (Å²) in [6, 6.07) is 10.8. The molecule has 0 aliphatic heterocycles. The quantitative estimate of drug-likeness (QED) is 0.406. The first-order chi connectivity index (χ1) is 10.9. The second-order valence-corrected chi connectivity index (χ2v) is 7.36. The summed E-state index contributed by atoms with van der Waals surface area (Å²) in [6.45, 7) is 3.98. The van der Waals surface area contributed by atoms with Crippen LogP contribution in [0.15, 0.2) is 45.3 Å². The lowest BCUT2D eigenvalue weighted by Gasteiger charge is -2.11. The van der Waals surface area contributed by atoms with Gasteiger partial charge in [-0.3, -0.25) is 0 Å². The Morgan fingerprint density at radius 3 is 2.43 bits per heavy atom. The van der Waals surface area contributed by atoms with Crippen LogP contribution in [-0.4, -0.2) is 12.6 Å². The molecule has 0 heterocycles. The van der Waals surface area contributed by atoms with Gasteiger partial charge in [0.2, 0.25) is 0 Å². The van der Waals surface area contributed by atoms with Gasteiger partial charge in [-0.25, -0.2) is 4.79 Å². The molecule has 0 aliphatic rings. The first kappa shape index (κ1) is 18.3. The first-order valence-electron chi connectivity index (χ1n) is 6.95. The molecule has 0 saturated heterocycles. The molecule has 0 N–H and O–H groups in total. The minimum absolute atomic E-state index is 0.222. The van der Waals surface area contributed by atoms with E-state index in [0.29, 0.717) is 22.4 Å². The molecule has 0 fully saturated rings. The van der Waals surface area contributed by atoms with Gasteiger partial charge in [0.15, 0.2) is 6.61 Å². The highest BCUT2D eigenvalue weighted by atomic mass is 79.9. The van der Waals surface area contributed by atoms with Crippen LogP contribution in [-0.2, 0) is 4.79 Å². The predicted octanol–water partition coefficient (Wildman–Crippen LogP) is 5.97. The van der Waals surface area contributed by atoms with Crippen LogP contribution in [0.1, 0.15) is 25.3 Å². The van der Waals surface area contributed by atoms with Gasteiger partial charge < -0.3 is 9.47 Å². The van der Waals surface area contributed by atoms with Crippen LogP contribution < -0.4 is 9.47 Å². The van der Waals surface area contributed by atoms with Gasteiger partial charge in [0, 0.05) is 4.47 Å². The van der Waals surface area contributed by atoms with Crippen molar-refractivity contribution >= 4 is 49.4 Å². The Morgan fingerprint density at radius 2 is 1.83 bits per heavy atom. The fourth-order valence-electron chi connectivity index (χ4n) is 1.84. The van der Waals surface area contributed by atoms with Gasteiger partial charge in [-0.05, 0) is 57.7 Å². The number of ether oxygens (including phenoxy) is 2. The molecule has 3 nitrogen and oxygen atoms in total. The Balaban J connectivity index is 1.97. The summed E-state index contributed by atoms with van der Waals surface area (Å²) < 4.78 is 12.3. The van der Waals surface area contributed by atoms with Crippen molar-refractivity contribution in [1.29, 1.82) is 0 Å². The summed E-state index contributed by atoms with van der Waals surface area (Å²) in [5.74, 6) is 0.798. The maximum Gasteiger partial charge on any atom is 0.349 e. The molecule has 0 aliphatic carbocycles. The standard InChI is InChI=1S/C17H15Br2ClO3/c1-10(2)11-3-5-15(13(19)7-11)23-17(21)9-22-16-6-4-12(18)8-14(16)20/h3-8,10H,9H2,1-2H3. The van der Waals surface area contributed by atoms with Crippen LogP contribution in [0.4, 0.5) is 0 Å². The number of halogens is 3. The van der Waals surface area contributed by atoms with Gasteiger partial charge >= 0.3 is 5.97 Å². The maximum atomic E-state index is 11.9. The van der Waals surface area contributed by atoms with Crippen molar-refractivity contribution < 1.29 is 14.3 Å². The summed E-state index contributed by atoms with van der Waals surface area (Å²) in [5, 5.41) is 0.426. The molecule has 0 spiro atoms. The highest BCUT2D eigenvalue weighted by Gasteiger charge is 2.12. The van der Waals surface area contributed by atoms with Gasteiger partial charge in [0.1, 0.15) is 11.5 Å². The van der Waals surface area contributed by atoms with E-state index in [1.165, 1.54) is 0 Å². The van der Waals surface area contributed by atoms with E-state index in [1.807, 2.05) is 12.1 Å². The van der Waals surface area contributed by atoms with E-state index in [-0.39, 0.29) is 6.61 Å². The maximum absolute atomic E-state index is 11.9. The number of hydrogen-bond donors (Lipinski definition) is 0. The number of hydrogen-bond acceptors (Lipinski definition) is 3. The van der Waals surface area contributed by atoms with E-state index in [1.54, 1.807) is 24.3 Å². The molecular weight excluding hydrogens is 447 g/mol. The van der Waals surface area contributed by atoms with E-state index >= 15 is 0 Å². The minimum Gasteiger partial charge on any atom is -0.480 e. The Morgan fingerprint density at radius 1 is 1.13 bits per heavy atom. The van der Waals surface area contributed by atoms with Gasteiger partial charge in [-0.15, -0.1) is 0 Å². The van der Waals surface area contributed by atoms with Crippen molar-refractivity contribution in [2.45, 2.75) is 19.8 Å². The Bertz CT molecular complexity index is 717. The fourth-order valence-corrected chi connectivity index (χ4v) is 3.05. The SMILES string of the molecule is CC(C)c1ccc(OC(=O)COc2ccc(Br)cc2Cl)c(Br)c1. The number of benzene rings is 2. The molecule has 0 radical (unpaired) electrons. The van der Waals surface area contributed by atoms with Gasteiger partial charge in [0.05, 0.1) is 9.50 Å². The van der Waals surface area contributed by atoms with Crippen molar-refractivity contribution in [3.05, 3.63) is 55.9 Å². The first-order valence-corrected chi connectivity index (χ1v) is 8.91. The average molecular weight is 463 g/mol. The summed E-state index contributed by atoms with van der Waals surface area (Å²) in [4.78, 5) is 11.9. The zero-order valence-corrected chi connectivity index (χ0v) is 16.5. The normalized spacial score (nSPS) is 10.7. The number of rotatable bonds is 5. The Hall–Kier alpha value is -1.04. The fraction of sp³-hybridized carbons (Fsp3) is 0.235. The molecule has 0 bridgehead atoms. The minimum atomic E-state index is -0.498. The molecule has 0 unspecified atom stereocenters. The van der Waals surface area contributed by atoms with Crippen molar-refractivity contribution in [3.8, 4) is 11.5 Å². The van der Waals surface area contributed by atoms with Gasteiger partial charge in [0.25, 0.3) is 0 Å². The third kappa shape index (κ3) is 5.23. The molecule has 2 aromatic carbocycles. The lowest BCUT2D eigenvalue weighted by atomic mass is 10.0. The average Bonchev–Trinajstić information content (AvgIpc) is 2.48. The summed E-state index contributed by atoms with van der Waals surface area (Å²) in [7, 11) is 0. The second-order valence-electron chi connectivity index (χ2n) is 5.18. The topological polar surface area (TPSA) is 35.5 Å². The number of carbonyl (C=O) groups is 1. The highest BCUT2D eigenvalue weighted by molar-refractivity contribution is 9.10. The summed E-state index contributed by atoms with van der Waals surface area (Å²) in [5.41, 5.74) is 1.16. The van der Waals surface area contributed by atoms with Crippen LogP contribution in [0, 0.1) is 0 Å². The van der Waals surface area contributed by atoms with Crippen molar-refractivity contribution in [1.82, 2.24) is 0 Å². The molecule has 2 aromatic rings. The molecule has 2 rings (SSSR count). The molecule has 0 amide bonds. The van der Waals surface area contributed by atoms with E-state index in [2.05, 4.69) is 45.7 Å². The zero-order valence-electron chi connectivity index (χ0n) is 12.6. The second kappa shape index (κ2) is 8.18. The van der Waals surface area contributed by atoms with Gasteiger partial charge in [-0.1, -0.05) is 47.4 Å². The van der Waals surface area contributed by atoms with E-state index < -0.39 is 5.97 Å². The molecular formula is C17H15Br2ClO3. The summed E-state index contributed by atoms with van der Waals surface area (Å²) in [6.07, 6.45) is 0. The molecule has 6 heteroatoms. The van der Waals surface area contributed by atoms with E-state index in [4.69, 9.17) is 21.1 Å². The Labute approximate surface area is 157 Å². The molecule has 0 atom stereocenters. The van der Waals surface area contributed by atoms with Gasteiger partial charge in [-0.2, -0.15) is 0 Å². The van der Waals surface area contributed by atoms with E-state index in [0.717, 1.165) is 14.5 Å². The highest BCUT2D eigenvalue weighted by Crippen LogP contribution is 2.30. The molecule has 0 aromatic heterocycles. The molecule has 23 heavy (non-hydrogen) atoms. The summed E-state index contributed by atoms with van der Waals surface area (Å²) >= 11 is 12.8. The van der Waals surface area contributed by atoms with Crippen LogP contribution in [0.3, 0.4) is 0 Å². The van der Waals surface area contributed by atoms with Crippen LogP contribution in [0.25, 0.3) is 0 Å². The predicted molar refractivity (Wildman–Crippen MR) is 98.5 cm³/mol. The zero-order chi connectivity index (χ0) is 17.0. The van der Waals surface area contributed by atoms with Crippen LogP contribution >= 0.6 is 43.5 Å². The van der Waals surface area contributed by atoms with Crippen molar-refractivity contribution in [3.63, 3.8) is 0 Å². The molecule has 122 valence electrons. The molecule has 0 saturated carbocycles. The number of carbonyl (C=O) groups excluding carboxylic acids is 1. The Kier molecular flexibility index (Phi) is 6.50. The van der Waals surface area contributed by atoms with Crippen LogP contribution in [0.5, 0.6) is 11.5 Å². The third-order valence-corrected chi connectivity index (χ3v) is 4.49. The number of esters is 1. The monoisotopic (exact) mass is 460 g/mol. The third-order valence-electron chi connectivity index (χ3n) is 3.09. The van der Waals surface area contributed by atoms with Crippen molar-refractivity contribution in [2.75, 3.05) is 6.61 Å². The van der Waals surface area contributed by atoms with Crippen molar-refractivity contribution in [2.24, 2.45) is 0 Å².